The smallest absolute Gasteiger partial charge is 0.193 e. The molecule has 0 saturated carbocycles. The van der Waals surface area contributed by atoms with Crippen LogP contribution in [-0.4, -0.2) is 58.8 Å². The summed E-state index contributed by atoms with van der Waals surface area (Å²) in [5.74, 6) is 0.862. The number of ether oxygens (including phenoxy) is 1. The molecule has 8 heteroatoms. The SMILES string of the molecule is CN=C(NCCc1ccc(S(C)(=O)=O)cc1)N1CCOC(c2ccc(C)cc2C)C1.I. The van der Waals surface area contributed by atoms with Crippen molar-refractivity contribution in [3.63, 3.8) is 0 Å². The van der Waals surface area contributed by atoms with E-state index in [9.17, 15) is 8.42 Å². The van der Waals surface area contributed by atoms with Gasteiger partial charge < -0.3 is 15.0 Å². The molecule has 0 bridgehead atoms. The quantitative estimate of drug-likeness (QED) is 0.346. The second-order valence-electron chi connectivity index (χ2n) is 7.81. The first-order valence-corrected chi connectivity index (χ1v) is 12.1. The number of benzene rings is 2. The Hall–Kier alpha value is -1.65. The van der Waals surface area contributed by atoms with Crippen molar-refractivity contribution in [2.24, 2.45) is 4.99 Å². The Bertz CT molecular complexity index is 1010. The van der Waals surface area contributed by atoms with Crippen molar-refractivity contribution in [2.45, 2.75) is 31.3 Å². The van der Waals surface area contributed by atoms with Crippen LogP contribution in [-0.2, 0) is 21.0 Å². The minimum Gasteiger partial charge on any atom is -0.370 e. The number of hydrogen-bond acceptors (Lipinski definition) is 4. The van der Waals surface area contributed by atoms with Crippen LogP contribution in [0.3, 0.4) is 0 Å². The number of rotatable bonds is 5. The fraction of sp³-hybridized carbons (Fsp3) is 0.435. The average molecular weight is 557 g/mol. The maximum absolute atomic E-state index is 11.6. The minimum atomic E-state index is -3.16. The Balaban J connectivity index is 0.00000341. The number of guanidine groups is 1. The molecule has 1 aliphatic heterocycles. The first-order valence-electron chi connectivity index (χ1n) is 10.2. The number of aryl methyl sites for hydroxylation is 2. The van der Waals surface area contributed by atoms with Crippen LogP contribution < -0.4 is 5.32 Å². The van der Waals surface area contributed by atoms with E-state index in [0.717, 1.165) is 37.6 Å². The molecule has 1 unspecified atom stereocenters. The molecule has 1 N–H and O–H groups in total. The summed E-state index contributed by atoms with van der Waals surface area (Å²) in [7, 11) is -1.36. The largest absolute Gasteiger partial charge is 0.370 e. The van der Waals surface area contributed by atoms with Gasteiger partial charge in [0.05, 0.1) is 18.0 Å². The van der Waals surface area contributed by atoms with Crippen molar-refractivity contribution in [2.75, 3.05) is 39.5 Å². The number of aliphatic imine (C=N–C) groups is 1. The second kappa shape index (κ2) is 11.3. The molecule has 31 heavy (non-hydrogen) atoms. The highest BCUT2D eigenvalue weighted by molar-refractivity contribution is 14.0. The molecule has 1 fully saturated rings. The van der Waals surface area contributed by atoms with Crippen LogP contribution in [0.5, 0.6) is 0 Å². The topological polar surface area (TPSA) is 71.0 Å². The lowest BCUT2D eigenvalue weighted by Crippen LogP contribution is -2.48. The monoisotopic (exact) mass is 557 g/mol. The molecule has 170 valence electrons. The maximum atomic E-state index is 11.6. The zero-order valence-electron chi connectivity index (χ0n) is 18.6. The van der Waals surface area contributed by atoms with Gasteiger partial charge in [-0.25, -0.2) is 8.42 Å². The van der Waals surface area contributed by atoms with Gasteiger partial charge in [0.1, 0.15) is 6.10 Å². The van der Waals surface area contributed by atoms with Crippen molar-refractivity contribution in [3.8, 4) is 0 Å². The number of nitrogens with one attached hydrogen (secondary N) is 1. The molecule has 1 heterocycles. The fourth-order valence-corrected chi connectivity index (χ4v) is 4.40. The van der Waals surface area contributed by atoms with E-state index in [1.54, 1.807) is 19.2 Å². The maximum Gasteiger partial charge on any atom is 0.193 e. The summed E-state index contributed by atoms with van der Waals surface area (Å²) in [5, 5.41) is 3.43. The first-order chi connectivity index (χ1) is 14.3. The molecule has 0 aromatic heterocycles. The fourth-order valence-electron chi connectivity index (χ4n) is 3.77. The van der Waals surface area contributed by atoms with E-state index >= 15 is 0 Å². The highest BCUT2D eigenvalue weighted by Crippen LogP contribution is 2.25. The highest BCUT2D eigenvalue weighted by Gasteiger charge is 2.25. The minimum absolute atomic E-state index is 0. The molecule has 1 aliphatic rings. The lowest BCUT2D eigenvalue weighted by atomic mass is 10.00. The third kappa shape index (κ3) is 6.92. The Labute approximate surface area is 203 Å². The van der Waals surface area contributed by atoms with E-state index in [2.05, 4.69) is 47.3 Å². The van der Waals surface area contributed by atoms with E-state index in [1.165, 1.54) is 22.9 Å². The van der Waals surface area contributed by atoms with Gasteiger partial charge in [-0.05, 0) is 49.1 Å². The molecule has 0 aliphatic carbocycles. The summed E-state index contributed by atoms with van der Waals surface area (Å²) in [6.45, 7) is 7.16. The molecule has 0 spiro atoms. The van der Waals surface area contributed by atoms with Crippen molar-refractivity contribution in [3.05, 3.63) is 64.7 Å². The zero-order chi connectivity index (χ0) is 21.7. The van der Waals surface area contributed by atoms with E-state index in [-0.39, 0.29) is 30.1 Å². The lowest BCUT2D eigenvalue weighted by molar-refractivity contribution is -0.00830. The molecular formula is C23H32IN3O3S. The molecule has 2 aromatic rings. The number of nitrogens with zero attached hydrogens (tertiary/aromatic N) is 2. The summed E-state index contributed by atoms with van der Waals surface area (Å²) in [6.07, 6.45) is 2.04. The van der Waals surface area contributed by atoms with Gasteiger partial charge in [-0.2, -0.15) is 0 Å². The predicted octanol–water partition coefficient (Wildman–Crippen LogP) is 3.52. The lowest BCUT2D eigenvalue weighted by Gasteiger charge is -2.36. The van der Waals surface area contributed by atoms with Crippen LogP contribution >= 0.6 is 24.0 Å². The predicted molar refractivity (Wildman–Crippen MR) is 136 cm³/mol. The third-order valence-corrected chi connectivity index (χ3v) is 6.53. The van der Waals surface area contributed by atoms with Crippen LogP contribution in [0.15, 0.2) is 52.4 Å². The average Bonchev–Trinajstić information content (AvgIpc) is 2.71. The third-order valence-electron chi connectivity index (χ3n) is 5.40. The van der Waals surface area contributed by atoms with Crippen LogP contribution in [0.2, 0.25) is 0 Å². The van der Waals surface area contributed by atoms with Crippen molar-refractivity contribution in [1.82, 2.24) is 10.2 Å². The molecule has 6 nitrogen and oxygen atoms in total. The summed E-state index contributed by atoms with van der Waals surface area (Å²) in [6, 6.07) is 13.5. The first kappa shape index (κ1) is 25.6. The summed E-state index contributed by atoms with van der Waals surface area (Å²) >= 11 is 0. The number of hydrogen-bond donors (Lipinski definition) is 1. The van der Waals surface area contributed by atoms with Crippen LogP contribution in [0.1, 0.15) is 28.4 Å². The molecule has 1 atom stereocenters. The summed E-state index contributed by atoms with van der Waals surface area (Å²) in [4.78, 5) is 7.03. The standard InChI is InChI=1S/C23H31N3O3S.HI/c1-17-5-10-21(18(2)15-17)22-16-26(13-14-29-22)23(24-3)25-12-11-19-6-8-20(9-7-19)30(4,27)28;/h5-10,15,22H,11-14,16H2,1-4H3,(H,24,25);1H. The van der Waals surface area contributed by atoms with E-state index in [0.29, 0.717) is 11.5 Å². The van der Waals surface area contributed by atoms with Crippen LogP contribution in [0, 0.1) is 13.8 Å². The number of morpholine rings is 1. The van der Waals surface area contributed by atoms with Crippen molar-refractivity contribution >= 4 is 39.8 Å². The molecule has 3 rings (SSSR count). The molecule has 1 saturated heterocycles. The van der Waals surface area contributed by atoms with Gasteiger partial charge in [-0.1, -0.05) is 35.9 Å². The zero-order valence-corrected chi connectivity index (χ0v) is 21.7. The Morgan fingerprint density at radius 2 is 1.90 bits per heavy atom. The van der Waals surface area contributed by atoms with E-state index in [1.807, 2.05) is 12.1 Å². The molecular weight excluding hydrogens is 525 g/mol. The second-order valence-corrected chi connectivity index (χ2v) is 9.82. The molecule has 0 amide bonds. The summed E-state index contributed by atoms with van der Waals surface area (Å²) in [5.41, 5.74) is 4.82. The number of sulfone groups is 1. The van der Waals surface area contributed by atoms with Gasteiger partial charge >= 0.3 is 0 Å². The Morgan fingerprint density at radius 1 is 1.19 bits per heavy atom. The van der Waals surface area contributed by atoms with Gasteiger partial charge in [-0.15, -0.1) is 24.0 Å². The van der Waals surface area contributed by atoms with Gasteiger partial charge in [0.2, 0.25) is 0 Å². The van der Waals surface area contributed by atoms with E-state index < -0.39 is 9.84 Å². The highest BCUT2D eigenvalue weighted by atomic mass is 127. The summed E-state index contributed by atoms with van der Waals surface area (Å²) < 4.78 is 29.2. The number of halogens is 1. The molecule has 2 aromatic carbocycles. The normalized spacial score (nSPS) is 17.2. The van der Waals surface area contributed by atoms with Gasteiger partial charge in [0.15, 0.2) is 15.8 Å². The van der Waals surface area contributed by atoms with Crippen molar-refractivity contribution < 1.29 is 13.2 Å². The van der Waals surface area contributed by atoms with Crippen LogP contribution in [0.25, 0.3) is 0 Å². The van der Waals surface area contributed by atoms with Crippen LogP contribution in [0.4, 0.5) is 0 Å². The van der Waals surface area contributed by atoms with Gasteiger partial charge in [0, 0.05) is 26.4 Å². The molecule has 0 radical (unpaired) electrons. The van der Waals surface area contributed by atoms with Crippen molar-refractivity contribution in [1.29, 1.82) is 0 Å². The van der Waals surface area contributed by atoms with E-state index in [4.69, 9.17) is 4.74 Å². The van der Waals surface area contributed by atoms with Gasteiger partial charge in [-0.3, -0.25) is 4.99 Å². The Kier molecular flexibility index (Phi) is 9.32. The Morgan fingerprint density at radius 3 is 2.52 bits per heavy atom. The van der Waals surface area contributed by atoms with Gasteiger partial charge in [0.25, 0.3) is 0 Å².